The predicted molar refractivity (Wildman–Crippen MR) is 173 cm³/mol. The average molecular weight is 596 g/mol. The topological polar surface area (TPSA) is 76.8 Å². The highest BCUT2D eigenvalue weighted by molar-refractivity contribution is 7.11. The van der Waals surface area contributed by atoms with E-state index in [2.05, 4.69) is 58.7 Å². The fourth-order valence-corrected chi connectivity index (χ4v) is 7.86. The van der Waals surface area contributed by atoms with Gasteiger partial charge in [-0.05, 0) is 98.6 Å². The van der Waals surface area contributed by atoms with E-state index < -0.39 is 5.41 Å². The first-order valence-corrected chi connectivity index (χ1v) is 16.2. The van der Waals surface area contributed by atoms with Crippen LogP contribution >= 0.6 is 11.3 Å². The Kier molecular flexibility index (Phi) is 9.42. The third-order valence-corrected chi connectivity index (χ3v) is 10.1. The van der Waals surface area contributed by atoms with E-state index in [-0.39, 0.29) is 11.8 Å². The van der Waals surface area contributed by atoms with Gasteiger partial charge in [-0.2, -0.15) is 0 Å². The Bertz CT molecular complexity index is 1450. The minimum absolute atomic E-state index is 0.141. The number of amides is 1. The standard InChI is InChI=1S/C36H41N3O3S/c37-35(40)36(28-9-3-1-4-10-28,29-11-5-2-6-12-29)30-19-22-39(25-30)21-8-14-32-17-16-31(43-32)13-7-20-38-24-27-15-18-33-34(23-27)42-26-41-33/h1-6,9-12,15-18,23,30,38H,7-8,13-14,19-22,24-26H2,(H2,37,40). The van der Waals surface area contributed by atoms with Crippen molar-refractivity contribution in [1.82, 2.24) is 10.2 Å². The van der Waals surface area contributed by atoms with Crippen LogP contribution in [0.3, 0.4) is 0 Å². The summed E-state index contributed by atoms with van der Waals surface area (Å²) in [5.74, 6) is 1.55. The van der Waals surface area contributed by atoms with Crippen LogP contribution in [0.1, 0.15) is 45.7 Å². The number of thiophene rings is 1. The van der Waals surface area contributed by atoms with Gasteiger partial charge in [0, 0.05) is 22.8 Å². The molecule has 43 heavy (non-hydrogen) atoms. The zero-order valence-corrected chi connectivity index (χ0v) is 25.5. The molecular weight excluding hydrogens is 554 g/mol. The molecule has 1 saturated heterocycles. The molecule has 6 nitrogen and oxygen atoms in total. The first kappa shape index (κ1) is 29.4. The molecule has 1 aromatic heterocycles. The van der Waals surface area contributed by atoms with Crippen LogP contribution in [0.2, 0.25) is 0 Å². The first-order valence-electron chi connectivity index (χ1n) is 15.4. The number of ether oxygens (including phenoxy) is 2. The highest BCUT2D eigenvalue weighted by atomic mass is 32.1. The Morgan fingerprint density at radius 3 is 2.26 bits per heavy atom. The molecule has 0 spiro atoms. The summed E-state index contributed by atoms with van der Waals surface area (Å²) in [4.78, 5) is 18.8. The summed E-state index contributed by atoms with van der Waals surface area (Å²) in [6, 6.07) is 31.0. The van der Waals surface area contributed by atoms with Crippen LogP contribution in [0.4, 0.5) is 0 Å². The molecule has 2 aliphatic rings. The largest absolute Gasteiger partial charge is 0.454 e. The predicted octanol–water partition coefficient (Wildman–Crippen LogP) is 5.93. The molecule has 0 aliphatic carbocycles. The molecule has 4 aromatic rings. The average Bonchev–Trinajstić information content (AvgIpc) is 3.80. The van der Waals surface area contributed by atoms with Crippen LogP contribution in [0, 0.1) is 5.92 Å². The number of rotatable bonds is 14. The van der Waals surface area contributed by atoms with Crippen LogP contribution in [0.5, 0.6) is 11.5 Å². The van der Waals surface area contributed by atoms with Gasteiger partial charge in [0.2, 0.25) is 12.7 Å². The molecular formula is C36H41N3O3S. The van der Waals surface area contributed by atoms with Crippen LogP contribution < -0.4 is 20.5 Å². The molecule has 1 amide bonds. The monoisotopic (exact) mass is 595 g/mol. The molecule has 6 rings (SSSR count). The molecule has 0 saturated carbocycles. The van der Waals surface area contributed by atoms with Crippen LogP contribution in [-0.2, 0) is 29.6 Å². The SMILES string of the molecule is NC(=O)C(c1ccccc1)(c1ccccc1)C1CCN(CCCc2ccc(CCCNCc3ccc4c(c3)OCO4)s2)C1. The fraction of sp³-hybridized carbons (Fsp3) is 0.361. The van der Waals surface area contributed by atoms with E-state index in [1.54, 1.807) is 0 Å². The summed E-state index contributed by atoms with van der Waals surface area (Å²) in [6.07, 6.45) is 5.38. The maximum absolute atomic E-state index is 13.3. The minimum atomic E-state index is -0.820. The van der Waals surface area contributed by atoms with E-state index in [4.69, 9.17) is 15.2 Å². The van der Waals surface area contributed by atoms with Crippen LogP contribution in [-0.4, -0.2) is 43.8 Å². The Morgan fingerprint density at radius 2 is 1.56 bits per heavy atom. The van der Waals surface area contributed by atoms with Crippen LogP contribution in [0.15, 0.2) is 91.0 Å². The van der Waals surface area contributed by atoms with E-state index in [9.17, 15) is 4.79 Å². The van der Waals surface area contributed by atoms with Crippen molar-refractivity contribution in [1.29, 1.82) is 0 Å². The molecule has 3 aromatic carbocycles. The molecule has 0 bridgehead atoms. The number of fused-ring (bicyclic) bond motifs is 1. The second-order valence-corrected chi connectivity index (χ2v) is 12.9. The van der Waals surface area contributed by atoms with E-state index in [1.165, 1.54) is 15.3 Å². The van der Waals surface area contributed by atoms with E-state index in [0.717, 1.165) is 87.5 Å². The van der Waals surface area contributed by atoms with Gasteiger partial charge in [-0.3, -0.25) is 4.79 Å². The van der Waals surface area contributed by atoms with Crippen molar-refractivity contribution in [2.45, 2.75) is 44.1 Å². The van der Waals surface area contributed by atoms with Crippen LogP contribution in [0.25, 0.3) is 0 Å². The molecule has 7 heteroatoms. The summed E-state index contributed by atoms with van der Waals surface area (Å²) in [5.41, 5.74) is 8.65. The highest BCUT2D eigenvalue weighted by Crippen LogP contribution is 2.43. The Morgan fingerprint density at radius 1 is 0.884 bits per heavy atom. The highest BCUT2D eigenvalue weighted by Gasteiger charge is 2.49. The number of primary amides is 1. The number of nitrogens with two attached hydrogens (primary N) is 1. The van der Waals surface area contributed by atoms with Crippen molar-refractivity contribution in [3.05, 3.63) is 117 Å². The molecule has 1 unspecified atom stereocenters. The van der Waals surface area contributed by atoms with Crippen molar-refractivity contribution in [2.75, 3.05) is 33.0 Å². The van der Waals surface area contributed by atoms with Gasteiger partial charge in [0.1, 0.15) is 5.41 Å². The van der Waals surface area contributed by atoms with Gasteiger partial charge in [-0.15, -0.1) is 11.3 Å². The summed E-state index contributed by atoms with van der Waals surface area (Å²) in [5, 5.41) is 3.55. The number of carbonyl (C=O) groups excluding carboxylic acids is 1. The molecule has 1 fully saturated rings. The molecule has 3 heterocycles. The van der Waals surface area contributed by atoms with Gasteiger partial charge >= 0.3 is 0 Å². The number of benzene rings is 3. The Labute approximate surface area is 258 Å². The van der Waals surface area contributed by atoms with Gasteiger partial charge in [-0.1, -0.05) is 66.7 Å². The summed E-state index contributed by atoms with van der Waals surface area (Å²) in [7, 11) is 0. The third kappa shape index (κ3) is 6.64. The molecule has 2 aliphatic heterocycles. The number of aryl methyl sites for hydroxylation is 2. The smallest absolute Gasteiger partial charge is 0.232 e. The lowest BCUT2D eigenvalue weighted by Gasteiger charge is -2.37. The third-order valence-electron chi connectivity index (χ3n) is 8.89. The second-order valence-electron chi connectivity index (χ2n) is 11.6. The maximum Gasteiger partial charge on any atom is 0.232 e. The number of hydrogen-bond acceptors (Lipinski definition) is 6. The molecule has 3 N–H and O–H groups in total. The van der Waals surface area contributed by atoms with Gasteiger partial charge in [0.15, 0.2) is 11.5 Å². The normalized spacial score (nSPS) is 16.5. The van der Waals surface area contributed by atoms with E-state index in [0.29, 0.717) is 6.79 Å². The Hall–Kier alpha value is -3.65. The van der Waals surface area contributed by atoms with Crippen molar-refractivity contribution >= 4 is 17.2 Å². The lowest BCUT2D eigenvalue weighted by molar-refractivity contribution is -0.123. The van der Waals surface area contributed by atoms with Crippen molar-refractivity contribution in [3.8, 4) is 11.5 Å². The van der Waals surface area contributed by atoms with E-state index in [1.807, 2.05) is 53.8 Å². The molecule has 224 valence electrons. The van der Waals surface area contributed by atoms with Crippen molar-refractivity contribution in [2.24, 2.45) is 11.7 Å². The Balaban J connectivity index is 0.965. The summed E-state index contributed by atoms with van der Waals surface area (Å²) < 4.78 is 10.9. The number of hydrogen-bond donors (Lipinski definition) is 2. The zero-order valence-electron chi connectivity index (χ0n) is 24.7. The van der Waals surface area contributed by atoms with Gasteiger partial charge in [0.05, 0.1) is 0 Å². The summed E-state index contributed by atoms with van der Waals surface area (Å²) in [6.45, 7) is 5.04. The van der Waals surface area contributed by atoms with E-state index >= 15 is 0 Å². The van der Waals surface area contributed by atoms with Gasteiger partial charge < -0.3 is 25.4 Å². The fourth-order valence-electron chi connectivity index (χ4n) is 6.75. The minimum Gasteiger partial charge on any atom is -0.454 e. The quantitative estimate of drug-likeness (QED) is 0.177. The lowest BCUT2D eigenvalue weighted by atomic mass is 9.64. The molecule has 1 atom stereocenters. The number of nitrogens with zero attached hydrogens (tertiary/aromatic N) is 1. The zero-order chi connectivity index (χ0) is 29.5. The second kappa shape index (κ2) is 13.8. The summed E-state index contributed by atoms with van der Waals surface area (Å²) >= 11 is 1.95. The number of carbonyl (C=O) groups is 1. The molecule has 0 radical (unpaired) electrons. The van der Waals surface area contributed by atoms with Crippen molar-refractivity contribution < 1.29 is 14.3 Å². The maximum atomic E-state index is 13.3. The van der Waals surface area contributed by atoms with Gasteiger partial charge in [0.25, 0.3) is 0 Å². The number of likely N-dealkylation sites (tertiary alicyclic amines) is 1. The van der Waals surface area contributed by atoms with Crippen molar-refractivity contribution in [3.63, 3.8) is 0 Å². The number of nitrogens with one attached hydrogen (secondary N) is 1. The lowest BCUT2D eigenvalue weighted by Crippen LogP contribution is -2.49. The van der Waals surface area contributed by atoms with Gasteiger partial charge in [-0.25, -0.2) is 0 Å². The first-order chi connectivity index (χ1) is 21.1.